The SMILES string of the molecule is CC(C)(c1ccc(F)cc1)c1nc(-c2cn(Cc3ccc(C(F)(F)F)cc3)c3cc(N4CC[S+]([O-])CC4)c(F)cc3c2=O)no1. The maximum absolute atomic E-state index is 15.6. The van der Waals surface area contributed by atoms with E-state index in [0.29, 0.717) is 41.2 Å². The van der Waals surface area contributed by atoms with Crippen molar-refractivity contribution in [3.05, 3.63) is 111 Å². The molecule has 0 amide bonds. The van der Waals surface area contributed by atoms with E-state index in [2.05, 4.69) is 10.1 Å². The molecular formula is C32H27F5N4O3S. The number of benzene rings is 3. The van der Waals surface area contributed by atoms with Gasteiger partial charge in [-0.15, -0.1) is 0 Å². The first-order chi connectivity index (χ1) is 21.3. The fourth-order valence-electron chi connectivity index (χ4n) is 5.38. The molecule has 2 aromatic heterocycles. The average Bonchev–Trinajstić information content (AvgIpc) is 3.50. The summed E-state index contributed by atoms with van der Waals surface area (Å²) in [5.74, 6) is -0.196. The van der Waals surface area contributed by atoms with Crippen LogP contribution < -0.4 is 10.3 Å². The third-order valence-corrected chi connectivity index (χ3v) is 9.34. The van der Waals surface area contributed by atoms with Crippen molar-refractivity contribution in [3.63, 3.8) is 0 Å². The van der Waals surface area contributed by atoms with E-state index >= 15 is 4.39 Å². The quantitative estimate of drug-likeness (QED) is 0.160. The molecule has 0 aliphatic carbocycles. The Kier molecular flexibility index (Phi) is 7.94. The van der Waals surface area contributed by atoms with Crippen LogP contribution in [0.15, 0.2) is 76.2 Å². The molecule has 0 atom stereocenters. The van der Waals surface area contributed by atoms with Gasteiger partial charge in [-0.25, -0.2) is 8.78 Å². The Hall–Kier alpha value is -4.23. The number of alkyl halides is 3. The van der Waals surface area contributed by atoms with E-state index in [9.17, 15) is 26.9 Å². The smallest absolute Gasteiger partial charge is 0.416 e. The molecule has 3 aromatic carbocycles. The molecule has 0 spiro atoms. The highest BCUT2D eigenvalue weighted by Crippen LogP contribution is 2.33. The van der Waals surface area contributed by atoms with Gasteiger partial charge in [-0.1, -0.05) is 40.6 Å². The van der Waals surface area contributed by atoms with Crippen molar-refractivity contribution < 1.29 is 31.0 Å². The summed E-state index contributed by atoms with van der Waals surface area (Å²) in [7, 11) is 0. The molecule has 3 heterocycles. The molecule has 0 saturated carbocycles. The third-order valence-electron chi connectivity index (χ3n) is 8.07. The predicted molar refractivity (Wildman–Crippen MR) is 161 cm³/mol. The van der Waals surface area contributed by atoms with Crippen molar-refractivity contribution in [2.45, 2.75) is 32.0 Å². The molecule has 0 bridgehead atoms. The summed E-state index contributed by atoms with van der Waals surface area (Å²) >= 11 is -0.993. The highest BCUT2D eigenvalue weighted by Gasteiger charge is 2.32. The topological polar surface area (TPSA) is 87.2 Å². The van der Waals surface area contributed by atoms with Gasteiger partial charge in [0.25, 0.3) is 0 Å². The van der Waals surface area contributed by atoms with E-state index in [4.69, 9.17) is 4.52 Å². The molecule has 6 rings (SSSR count). The third kappa shape index (κ3) is 6.06. The Morgan fingerprint density at radius 2 is 1.60 bits per heavy atom. The Labute approximate surface area is 257 Å². The van der Waals surface area contributed by atoms with Gasteiger partial charge >= 0.3 is 6.18 Å². The first kappa shape index (κ1) is 30.8. The van der Waals surface area contributed by atoms with Crippen LogP contribution in [0, 0.1) is 11.6 Å². The minimum absolute atomic E-state index is 0.000151. The number of anilines is 1. The maximum Gasteiger partial charge on any atom is 0.416 e. The second kappa shape index (κ2) is 11.6. The number of pyridine rings is 1. The van der Waals surface area contributed by atoms with Crippen molar-refractivity contribution in [2.24, 2.45) is 0 Å². The normalized spacial score (nSPS) is 14.8. The number of fused-ring (bicyclic) bond motifs is 1. The number of nitrogens with zero attached hydrogens (tertiary/aromatic N) is 4. The minimum atomic E-state index is -4.50. The van der Waals surface area contributed by atoms with Gasteiger partial charge in [0, 0.05) is 18.1 Å². The Balaban J connectivity index is 1.46. The first-order valence-corrected chi connectivity index (χ1v) is 15.5. The molecule has 1 fully saturated rings. The largest absolute Gasteiger partial charge is 0.616 e. The Morgan fingerprint density at radius 3 is 2.24 bits per heavy atom. The van der Waals surface area contributed by atoms with Crippen LogP contribution in [0.2, 0.25) is 0 Å². The zero-order valence-electron chi connectivity index (χ0n) is 24.2. The van der Waals surface area contributed by atoms with E-state index in [-0.39, 0.29) is 34.9 Å². The second-order valence-corrected chi connectivity index (χ2v) is 13.1. The van der Waals surface area contributed by atoms with Gasteiger partial charge in [0.1, 0.15) is 23.1 Å². The Morgan fingerprint density at radius 1 is 0.956 bits per heavy atom. The van der Waals surface area contributed by atoms with Gasteiger partial charge in [-0.3, -0.25) is 4.79 Å². The lowest BCUT2D eigenvalue weighted by Gasteiger charge is -2.30. The molecule has 234 valence electrons. The fraction of sp³-hybridized carbons (Fsp3) is 0.281. The molecule has 1 aliphatic rings. The maximum atomic E-state index is 15.6. The number of hydrogen-bond acceptors (Lipinski definition) is 6. The minimum Gasteiger partial charge on any atom is -0.616 e. The van der Waals surface area contributed by atoms with E-state index in [1.54, 1.807) is 35.4 Å². The first-order valence-electron chi connectivity index (χ1n) is 14.0. The monoisotopic (exact) mass is 642 g/mol. The van der Waals surface area contributed by atoms with Crippen molar-refractivity contribution in [3.8, 4) is 11.4 Å². The van der Waals surface area contributed by atoms with Crippen LogP contribution in [0.4, 0.5) is 27.6 Å². The lowest BCUT2D eigenvalue weighted by atomic mass is 9.84. The van der Waals surface area contributed by atoms with Crippen LogP contribution in [-0.2, 0) is 29.3 Å². The standard InChI is InChI=1S/C32H27F5N4O3S/c1-31(2,20-7-9-22(33)10-8-20)30-38-29(39-44-30)24-18-41(17-19-3-5-21(6-4-19)32(35,36)37)26-16-27(25(34)15-23(26)28(24)42)40-11-13-45(43)14-12-40/h3-10,15-16,18H,11-14,17H2,1-2H3. The molecule has 1 saturated heterocycles. The fourth-order valence-corrected chi connectivity index (χ4v) is 6.44. The highest BCUT2D eigenvalue weighted by molar-refractivity contribution is 7.91. The van der Waals surface area contributed by atoms with E-state index in [1.165, 1.54) is 36.5 Å². The zero-order chi connectivity index (χ0) is 32.1. The van der Waals surface area contributed by atoms with Crippen LogP contribution in [-0.4, -0.2) is 43.9 Å². The molecule has 0 radical (unpaired) electrons. The van der Waals surface area contributed by atoms with Gasteiger partial charge in [-0.2, -0.15) is 18.2 Å². The average molecular weight is 643 g/mol. The predicted octanol–water partition coefficient (Wildman–Crippen LogP) is 6.29. The van der Waals surface area contributed by atoms with Crippen molar-refractivity contribution in [1.29, 1.82) is 0 Å². The van der Waals surface area contributed by atoms with Gasteiger partial charge in [0.05, 0.1) is 40.8 Å². The van der Waals surface area contributed by atoms with Crippen LogP contribution >= 0.6 is 0 Å². The second-order valence-electron chi connectivity index (χ2n) is 11.4. The van der Waals surface area contributed by atoms with Crippen molar-refractivity contribution >= 4 is 27.8 Å². The summed E-state index contributed by atoms with van der Waals surface area (Å²) in [4.78, 5) is 20.1. The number of hydrogen-bond donors (Lipinski definition) is 0. The number of halogens is 5. The molecule has 0 unspecified atom stereocenters. The van der Waals surface area contributed by atoms with Crippen LogP contribution in [0.25, 0.3) is 22.3 Å². The van der Waals surface area contributed by atoms with Gasteiger partial charge in [0.15, 0.2) is 0 Å². The lowest BCUT2D eigenvalue weighted by Crippen LogP contribution is -2.40. The molecule has 0 N–H and O–H groups in total. The van der Waals surface area contributed by atoms with Crippen molar-refractivity contribution in [1.82, 2.24) is 14.7 Å². The summed E-state index contributed by atoms with van der Waals surface area (Å²) in [6, 6.07) is 13.1. The van der Waals surface area contributed by atoms with E-state index in [1.807, 2.05) is 0 Å². The highest BCUT2D eigenvalue weighted by atomic mass is 32.2. The molecule has 13 heteroatoms. The van der Waals surface area contributed by atoms with Crippen LogP contribution in [0.3, 0.4) is 0 Å². The van der Waals surface area contributed by atoms with Crippen LogP contribution in [0.5, 0.6) is 0 Å². The number of rotatable bonds is 6. The summed E-state index contributed by atoms with van der Waals surface area (Å²) in [6.45, 7) is 4.38. The van der Waals surface area contributed by atoms with E-state index < -0.39 is 45.4 Å². The zero-order valence-corrected chi connectivity index (χ0v) is 25.0. The van der Waals surface area contributed by atoms with Gasteiger partial charge in [0.2, 0.25) is 17.1 Å². The molecule has 5 aromatic rings. The molecule has 7 nitrogen and oxygen atoms in total. The summed E-state index contributed by atoms with van der Waals surface area (Å²) in [5.41, 5.74) is -0.443. The summed E-state index contributed by atoms with van der Waals surface area (Å²) < 4.78 is 87.8. The molecule has 45 heavy (non-hydrogen) atoms. The van der Waals surface area contributed by atoms with Crippen LogP contribution in [0.1, 0.15) is 36.4 Å². The lowest BCUT2D eigenvalue weighted by molar-refractivity contribution is -0.137. The summed E-state index contributed by atoms with van der Waals surface area (Å²) in [6.07, 6.45) is -3.02. The van der Waals surface area contributed by atoms with Gasteiger partial charge < -0.3 is 18.5 Å². The molecule has 1 aliphatic heterocycles. The Bertz CT molecular complexity index is 1910. The van der Waals surface area contributed by atoms with Crippen molar-refractivity contribution in [2.75, 3.05) is 29.5 Å². The summed E-state index contributed by atoms with van der Waals surface area (Å²) in [5, 5.41) is 4.06. The van der Waals surface area contributed by atoms with Gasteiger partial charge in [-0.05, 0) is 61.4 Å². The molecular weight excluding hydrogens is 615 g/mol. The number of aromatic nitrogens is 3. The van der Waals surface area contributed by atoms with E-state index in [0.717, 1.165) is 18.2 Å².